The highest BCUT2D eigenvalue weighted by atomic mass is 79.9. The maximum atomic E-state index is 11.8. The lowest BCUT2D eigenvalue weighted by molar-refractivity contribution is -0.115. The largest absolute Gasteiger partial charge is 0.399 e. The lowest BCUT2D eigenvalue weighted by atomic mass is 10.3. The topological polar surface area (TPSA) is 55.1 Å². The highest BCUT2D eigenvalue weighted by Crippen LogP contribution is 2.21. The number of carbonyl (C=O) groups excluding carboxylic acids is 1. The molecule has 104 valence electrons. The Morgan fingerprint density at radius 1 is 1.20 bits per heavy atom. The van der Waals surface area contributed by atoms with E-state index in [0.29, 0.717) is 12.1 Å². The molecule has 2 aromatic carbocycles. The molecule has 20 heavy (non-hydrogen) atoms. The Bertz CT molecular complexity index is 587. The number of hydrogen-bond acceptors (Lipinski definition) is 3. The van der Waals surface area contributed by atoms with Gasteiger partial charge in [0.25, 0.3) is 0 Å². The average molecular weight is 351 g/mol. The molecule has 0 aliphatic heterocycles. The summed E-state index contributed by atoms with van der Waals surface area (Å²) in [4.78, 5) is 13.0. The van der Waals surface area contributed by atoms with Crippen molar-refractivity contribution in [2.24, 2.45) is 0 Å². The van der Waals surface area contributed by atoms with Crippen LogP contribution in [0.1, 0.15) is 6.42 Å². The number of halogens is 1. The van der Waals surface area contributed by atoms with E-state index in [1.165, 1.54) is 0 Å². The Balaban J connectivity index is 1.76. The van der Waals surface area contributed by atoms with Crippen LogP contribution in [0.25, 0.3) is 0 Å². The zero-order valence-corrected chi connectivity index (χ0v) is 13.2. The SMILES string of the molecule is Nc1cccc(NC(=O)CCSc2ccc(Br)cc2)c1. The molecule has 3 nitrogen and oxygen atoms in total. The first-order chi connectivity index (χ1) is 9.63. The van der Waals surface area contributed by atoms with E-state index in [1.54, 1.807) is 23.9 Å². The molecule has 0 heterocycles. The summed E-state index contributed by atoms with van der Waals surface area (Å²) in [5.41, 5.74) is 7.05. The van der Waals surface area contributed by atoms with Crippen LogP contribution in [-0.4, -0.2) is 11.7 Å². The second-order valence-electron chi connectivity index (χ2n) is 4.23. The van der Waals surface area contributed by atoms with Crippen LogP contribution in [0.5, 0.6) is 0 Å². The molecule has 0 atom stereocenters. The van der Waals surface area contributed by atoms with Gasteiger partial charge >= 0.3 is 0 Å². The van der Waals surface area contributed by atoms with Gasteiger partial charge in [-0.2, -0.15) is 0 Å². The zero-order valence-electron chi connectivity index (χ0n) is 10.8. The fourth-order valence-electron chi connectivity index (χ4n) is 1.63. The Kier molecular flexibility index (Phi) is 5.49. The molecule has 0 aliphatic rings. The van der Waals surface area contributed by atoms with Gasteiger partial charge in [-0.05, 0) is 42.5 Å². The molecule has 0 radical (unpaired) electrons. The summed E-state index contributed by atoms with van der Waals surface area (Å²) in [5.74, 6) is 0.746. The lowest BCUT2D eigenvalue weighted by Crippen LogP contribution is -2.12. The third-order valence-corrected chi connectivity index (χ3v) is 4.12. The predicted octanol–water partition coefficient (Wildman–Crippen LogP) is 4.15. The number of anilines is 2. The minimum Gasteiger partial charge on any atom is -0.399 e. The van der Waals surface area contributed by atoms with E-state index in [1.807, 2.05) is 36.4 Å². The van der Waals surface area contributed by atoms with Gasteiger partial charge in [0.05, 0.1) is 0 Å². The summed E-state index contributed by atoms with van der Waals surface area (Å²) in [6, 6.07) is 15.2. The molecule has 0 saturated heterocycles. The first-order valence-corrected chi connectivity index (χ1v) is 7.95. The van der Waals surface area contributed by atoms with Crippen molar-refractivity contribution in [2.45, 2.75) is 11.3 Å². The van der Waals surface area contributed by atoms with Gasteiger partial charge in [0.2, 0.25) is 5.91 Å². The third kappa shape index (κ3) is 4.90. The maximum absolute atomic E-state index is 11.8. The standard InChI is InChI=1S/C15H15BrN2OS/c16-11-4-6-14(7-5-11)20-9-8-15(19)18-13-3-1-2-12(17)10-13/h1-7,10H,8-9,17H2,(H,18,19). The van der Waals surface area contributed by atoms with E-state index >= 15 is 0 Å². The van der Waals surface area contributed by atoms with Crippen molar-refractivity contribution in [3.05, 3.63) is 53.0 Å². The summed E-state index contributed by atoms with van der Waals surface area (Å²) in [6.07, 6.45) is 0.468. The van der Waals surface area contributed by atoms with E-state index in [0.717, 1.165) is 20.8 Å². The van der Waals surface area contributed by atoms with E-state index in [-0.39, 0.29) is 5.91 Å². The minimum absolute atomic E-state index is 0.000196. The summed E-state index contributed by atoms with van der Waals surface area (Å²) in [5, 5.41) is 2.84. The molecular weight excluding hydrogens is 336 g/mol. The number of thioether (sulfide) groups is 1. The van der Waals surface area contributed by atoms with Crippen molar-refractivity contribution < 1.29 is 4.79 Å². The minimum atomic E-state index is 0.000196. The van der Waals surface area contributed by atoms with Gasteiger partial charge in [-0.25, -0.2) is 0 Å². The number of amides is 1. The highest BCUT2D eigenvalue weighted by molar-refractivity contribution is 9.10. The Labute approximate surface area is 131 Å². The van der Waals surface area contributed by atoms with Crippen molar-refractivity contribution in [2.75, 3.05) is 16.8 Å². The molecule has 5 heteroatoms. The second-order valence-corrected chi connectivity index (χ2v) is 6.31. The Hall–Kier alpha value is -1.46. The molecule has 0 aromatic heterocycles. The van der Waals surface area contributed by atoms with Crippen LogP contribution in [0.2, 0.25) is 0 Å². The Morgan fingerprint density at radius 3 is 2.65 bits per heavy atom. The number of nitrogens with two attached hydrogens (primary N) is 1. The number of carbonyl (C=O) groups is 1. The smallest absolute Gasteiger partial charge is 0.225 e. The van der Waals surface area contributed by atoms with E-state index in [2.05, 4.69) is 21.2 Å². The van der Waals surface area contributed by atoms with Gasteiger partial charge in [0.1, 0.15) is 0 Å². The second kappa shape index (κ2) is 7.36. The van der Waals surface area contributed by atoms with Crippen LogP contribution in [0.4, 0.5) is 11.4 Å². The van der Waals surface area contributed by atoms with Crippen LogP contribution in [0.15, 0.2) is 57.9 Å². The van der Waals surface area contributed by atoms with Crippen LogP contribution >= 0.6 is 27.7 Å². The summed E-state index contributed by atoms with van der Waals surface area (Å²) < 4.78 is 1.06. The summed E-state index contributed by atoms with van der Waals surface area (Å²) >= 11 is 5.06. The number of benzene rings is 2. The third-order valence-electron chi connectivity index (χ3n) is 2.58. The lowest BCUT2D eigenvalue weighted by Gasteiger charge is -2.06. The van der Waals surface area contributed by atoms with Gasteiger partial charge in [0.15, 0.2) is 0 Å². The molecule has 2 rings (SSSR count). The summed E-state index contributed by atoms with van der Waals surface area (Å²) in [7, 11) is 0. The highest BCUT2D eigenvalue weighted by Gasteiger charge is 2.03. The van der Waals surface area contributed by atoms with Crippen LogP contribution in [0.3, 0.4) is 0 Å². The molecule has 0 fully saturated rings. The molecular formula is C15H15BrN2OS. The molecule has 0 saturated carbocycles. The average Bonchev–Trinajstić information content (AvgIpc) is 2.41. The van der Waals surface area contributed by atoms with Gasteiger partial charge < -0.3 is 11.1 Å². The molecule has 0 spiro atoms. The molecule has 0 unspecified atom stereocenters. The quantitative estimate of drug-likeness (QED) is 0.628. The van der Waals surface area contributed by atoms with Gasteiger partial charge in [-0.3, -0.25) is 4.79 Å². The fraction of sp³-hybridized carbons (Fsp3) is 0.133. The first kappa shape index (κ1) is 14.9. The molecule has 0 aliphatic carbocycles. The van der Waals surface area contributed by atoms with Crippen molar-refractivity contribution >= 4 is 45.0 Å². The van der Waals surface area contributed by atoms with Crippen molar-refractivity contribution in [1.82, 2.24) is 0 Å². The van der Waals surface area contributed by atoms with Gasteiger partial charge in [-0.15, -0.1) is 11.8 Å². The van der Waals surface area contributed by atoms with Gasteiger partial charge in [-0.1, -0.05) is 22.0 Å². The van der Waals surface area contributed by atoms with E-state index in [9.17, 15) is 4.79 Å². The normalized spacial score (nSPS) is 10.2. The Morgan fingerprint density at radius 2 is 1.95 bits per heavy atom. The molecule has 3 N–H and O–H groups in total. The summed E-state index contributed by atoms with van der Waals surface area (Å²) in [6.45, 7) is 0. The number of nitrogen functional groups attached to an aromatic ring is 1. The van der Waals surface area contributed by atoms with Crippen LogP contribution in [-0.2, 0) is 4.79 Å². The van der Waals surface area contributed by atoms with Gasteiger partial charge in [0, 0.05) is 32.9 Å². The predicted molar refractivity (Wildman–Crippen MR) is 89.0 cm³/mol. The van der Waals surface area contributed by atoms with Crippen molar-refractivity contribution in [3.63, 3.8) is 0 Å². The van der Waals surface area contributed by atoms with Crippen LogP contribution in [0, 0.1) is 0 Å². The van der Waals surface area contributed by atoms with Crippen molar-refractivity contribution in [1.29, 1.82) is 0 Å². The maximum Gasteiger partial charge on any atom is 0.225 e. The molecule has 2 aromatic rings. The molecule has 1 amide bonds. The molecule has 0 bridgehead atoms. The number of nitrogens with one attached hydrogen (secondary N) is 1. The van der Waals surface area contributed by atoms with E-state index in [4.69, 9.17) is 5.73 Å². The zero-order chi connectivity index (χ0) is 14.4. The van der Waals surface area contributed by atoms with E-state index < -0.39 is 0 Å². The number of hydrogen-bond donors (Lipinski definition) is 2. The van der Waals surface area contributed by atoms with Crippen LogP contribution < -0.4 is 11.1 Å². The fourth-order valence-corrected chi connectivity index (χ4v) is 2.75. The first-order valence-electron chi connectivity index (χ1n) is 6.17. The van der Waals surface area contributed by atoms with Crippen molar-refractivity contribution in [3.8, 4) is 0 Å². The monoisotopic (exact) mass is 350 g/mol. The number of rotatable bonds is 5.